The Hall–Kier alpha value is -2.36. The van der Waals surface area contributed by atoms with Crippen LogP contribution in [-0.2, 0) is 11.3 Å². The van der Waals surface area contributed by atoms with E-state index in [0.717, 1.165) is 44.0 Å². The highest BCUT2D eigenvalue weighted by Crippen LogP contribution is 2.30. The number of nitrogens with zero attached hydrogens (tertiary/aromatic N) is 1. The first-order chi connectivity index (χ1) is 13.3. The van der Waals surface area contributed by atoms with Crippen LogP contribution in [0.3, 0.4) is 0 Å². The van der Waals surface area contributed by atoms with E-state index in [1.807, 2.05) is 13.0 Å². The number of piperidine rings is 1. The molecule has 1 aliphatic heterocycles. The lowest BCUT2D eigenvalue weighted by Crippen LogP contribution is -2.37. The molecule has 4 rings (SSSR count). The van der Waals surface area contributed by atoms with Crippen LogP contribution >= 0.6 is 0 Å². The van der Waals surface area contributed by atoms with Crippen molar-refractivity contribution in [2.45, 2.75) is 38.5 Å². The van der Waals surface area contributed by atoms with Gasteiger partial charge < -0.3 is 9.15 Å². The Morgan fingerprint density at radius 2 is 1.48 bits per heavy atom. The molecule has 0 amide bonds. The van der Waals surface area contributed by atoms with Crippen LogP contribution in [0.2, 0.25) is 0 Å². The number of likely N-dealkylation sites (tertiary alicyclic amines) is 1. The van der Waals surface area contributed by atoms with Gasteiger partial charge in [0.25, 0.3) is 0 Å². The third-order valence-corrected chi connectivity index (χ3v) is 5.24. The van der Waals surface area contributed by atoms with Crippen molar-refractivity contribution in [1.29, 1.82) is 0 Å². The predicted octanol–water partition coefficient (Wildman–Crippen LogP) is 5.36. The third kappa shape index (κ3) is 4.68. The summed E-state index contributed by atoms with van der Waals surface area (Å²) in [6.07, 6.45) is 2.38. The molecule has 1 fully saturated rings. The van der Waals surface area contributed by atoms with Gasteiger partial charge in [0.1, 0.15) is 17.6 Å². The van der Waals surface area contributed by atoms with Crippen LogP contribution < -0.4 is 0 Å². The molecule has 0 bridgehead atoms. The highest BCUT2D eigenvalue weighted by atomic mass is 16.5. The lowest BCUT2D eigenvalue weighted by molar-refractivity contribution is -0.0289. The molecule has 2 heterocycles. The lowest BCUT2D eigenvalue weighted by atomic mass is 10.00. The molecule has 0 radical (unpaired) electrons. The van der Waals surface area contributed by atoms with Gasteiger partial charge in [0, 0.05) is 13.1 Å². The number of hydrogen-bond acceptors (Lipinski definition) is 3. The smallest absolute Gasteiger partial charge is 0.118 e. The minimum atomic E-state index is -0.00308. The number of ether oxygens (including phenoxy) is 1. The third-order valence-electron chi connectivity index (χ3n) is 5.24. The van der Waals surface area contributed by atoms with E-state index < -0.39 is 0 Å². The van der Waals surface area contributed by atoms with Crippen molar-refractivity contribution in [3.8, 4) is 0 Å². The molecular formula is C24H27NO2. The summed E-state index contributed by atoms with van der Waals surface area (Å²) in [5.41, 5.74) is 2.44. The minimum Gasteiger partial charge on any atom is -0.465 e. The Balaban J connectivity index is 1.39. The zero-order valence-electron chi connectivity index (χ0n) is 15.9. The highest BCUT2D eigenvalue weighted by molar-refractivity contribution is 5.30. The Morgan fingerprint density at radius 3 is 2.00 bits per heavy atom. The largest absolute Gasteiger partial charge is 0.465 e. The fourth-order valence-electron chi connectivity index (χ4n) is 3.79. The highest BCUT2D eigenvalue weighted by Gasteiger charge is 2.25. The Labute approximate surface area is 161 Å². The molecule has 3 heteroatoms. The van der Waals surface area contributed by atoms with Crippen LogP contribution in [-0.4, -0.2) is 24.1 Å². The van der Waals surface area contributed by atoms with Crippen LogP contribution in [0.4, 0.5) is 0 Å². The molecule has 0 spiro atoms. The normalized spacial score (nSPS) is 16.1. The predicted molar refractivity (Wildman–Crippen MR) is 108 cm³/mol. The molecule has 1 aliphatic rings. The van der Waals surface area contributed by atoms with Gasteiger partial charge in [0.2, 0.25) is 0 Å². The first-order valence-corrected chi connectivity index (χ1v) is 9.81. The zero-order chi connectivity index (χ0) is 18.5. The summed E-state index contributed by atoms with van der Waals surface area (Å²) in [6, 6.07) is 25.2. The van der Waals surface area contributed by atoms with Gasteiger partial charge in [-0.05, 0) is 43.0 Å². The lowest BCUT2D eigenvalue weighted by Gasteiger charge is -2.33. The maximum Gasteiger partial charge on any atom is 0.118 e. The maximum atomic E-state index is 6.62. The van der Waals surface area contributed by atoms with E-state index >= 15 is 0 Å². The second-order valence-corrected chi connectivity index (χ2v) is 7.33. The van der Waals surface area contributed by atoms with Crippen LogP contribution in [0.1, 0.15) is 41.6 Å². The molecule has 3 nitrogen and oxygen atoms in total. The zero-order valence-corrected chi connectivity index (χ0v) is 15.9. The second kappa shape index (κ2) is 8.55. The summed E-state index contributed by atoms with van der Waals surface area (Å²) >= 11 is 0. The first kappa shape index (κ1) is 18.0. The summed E-state index contributed by atoms with van der Waals surface area (Å²) in [4.78, 5) is 2.46. The number of rotatable bonds is 6. The summed E-state index contributed by atoms with van der Waals surface area (Å²) in [6.45, 7) is 4.97. The summed E-state index contributed by atoms with van der Waals surface area (Å²) in [5, 5.41) is 0. The minimum absolute atomic E-state index is 0.00308. The van der Waals surface area contributed by atoms with Gasteiger partial charge in [-0.15, -0.1) is 0 Å². The van der Waals surface area contributed by atoms with E-state index in [4.69, 9.17) is 9.15 Å². The van der Waals surface area contributed by atoms with E-state index in [-0.39, 0.29) is 12.2 Å². The number of aryl methyl sites for hydroxylation is 1. The van der Waals surface area contributed by atoms with Gasteiger partial charge >= 0.3 is 0 Å². The summed E-state index contributed by atoms with van der Waals surface area (Å²) < 4.78 is 12.3. The van der Waals surface area contributed by atoms with Crippen molar-refractivity contribution in [2.75, 3.05) is 13.1 Å². The van der Waals surface area contributed by atoms with Crippen molar-refractivity contribution in [2.24, 2.45) is 0 Å². The van der Waals surface area contributed by atoms with Gasteiger partial charge in [-0.3, -0.25) is 4.90 Å². The summed E-state index contributed by atoms with van der Waals surface area (Å²) in [5.74, 6) is 2.04. The molecule has 0 atom stereocenters. The van der Waals surface area contributed by atoms with E-state index in [1.54, 1.807) is 0 Å². The topological polar surface area (TPSA) is 25.6 Å². The average molecular weight is 361 g/mol. The number of hydrogen-bond donors (Lipinski definition) is 0. The van der Waals surface area contributed by atoms with Gasteiger partial charge in [0.05, 0.1) is 12.6 Å². The first-order valence-electron chi connectivity index (χ1n) is 9.81. The van der Waals surface area contributed by atoms with Crippen LogP contribution in [0, 0.1) is 6.92 Å². The van der Waals surface area contributed by atoms with E-state index in [2.05, 4.69) is 71.6 Å². The van der Waals surface area contributed by atoms with Gasteiger partial charge in [-0.2, -0.15) is 0 Å². The Kier molecular flexibility index (Phi) is 5.71. The van der Waals surface area contributed by atoms with Crippen molar-refractivity contribution in [3.63, 3.8) is 0 Å². The Bertz CT molecular complexity index is 780. The molecule has 2 aromatic carbocycles. The fourth-order valence-corrected chi connectivity index (χ4v) is 3.79. The standard InChI is InChI=1S/C24H27NO2/c1-19-12-13-23(26-19)18-25-16-14-22(15-17-25)27-24(20-8-4-2-5-9-20)21-10-6-3-7-11-21/h2-13,22,24H,14-18H2,1H3. The SMILES string of the molecule is Cc1ccc(CN2CCC(OC(c3ccccc3)c3ccccc3)CC2)o1. The number of furan rings is 1. The molecule has 0 aliphatic carbocycles. The molecule has 3 aromatic rings. The molecule has 140 valence electrons. The van der Waals surface area contributed by atoms with Gasteiger partial charge in [-0.25, -0.2) is 0 Å². The van der Waals surface area contributed by atoms with Crippen LogP contribution in [0.5, 0.6) is 0 Å². The average Bonchev–Trinajstić information content (AvgIpc) is 3.13. The molecule has 1 saturated heterocycles. The van der Waals surface area contributed by atoms with Crippen LogP contribution in [0.25, 0.3) is 0 Å². The van der Waals surface area contributed by atoms with Crippen molar-refractivity contribution >= 4 is 0 Å². The number of benzene rings is 2. The van der Waals surface area contributed by atoms with E-state index in [9.17, 15) is 0 Å². The van der Waals surface area contributed by atoms with E-state index in [1.165, 1.54) is 11.1 Å². The Morgan fingerprint density at radius 1 is 0.889 bits per heavy atom. The molecular weight excluding hydrogens is 334 g/mol. The quantitative estimate of drug-likeness (QED) is 0.591. The molecule has 0 saturated carbocycles. The van der Waals surface area contributed by atoms with Crippen LogP contribution in [0.15, 0.2) is 77.2 Å². The van der Waals surface area contributed by atoms with Crippen molar-refractivity contribution in [3.05, 3.63) is 95.4 Å². The molecule has 0 unspecified atom stereocenters. The fraction of sp³-hybridized carbons (Fsp3) is 0.333. The maximum absolute atomic E-state index is 6.62. The monoisotopic (exact) mass is 361 g/mol. The molecule has 27 heavy (non-hydrogen) atoms. The van der Waals surface area contributed by atoms with E-state index in [0.29, 0.717) is 0 Å². The van der Waals surface area contributed by atoms with Crippen molar-refractivity contribution < 1.29 is 9.15 Å². The summed E-state index contributed by atoms with van der Waals surface area (Å²) in [7, 11) is 0. The van der Waals surface area contributed by atoms with Gasteiger partial charge in [0.15, 0.2) is 0 Å². The molecule has 1 aromatic heterocycles. The van der Waals surface area contributed by atoms with Crippen molar-refractivity contribution in [1.82, 2.24) is 4.90 Å². The van der Waals surface area contributed by atoms with Gasteiger partial charge in [-0.1, -0.05) is 60.7 Å². The second-order valence-electron chi connectivity index (χ2n) is 7.33. The molecule has 0 N–H and O–H groups in total.